The second-order valence-corrected chi connectivity index (χ2v) is 19.1. The molecule has 0 amide bonds. The van der Waals surface area contributed by atoms with Crippen molar-refractivity contribution in [3.63, 3.8) is 0 Å². The van der Waals surface area contributed by atoms with Gasteiger partial charge in [-0.15, -0.1) is 105 Å². The van der Waals surface area contributed by atoms with Gasteiger partial charge in [0.15, 0.2) is 11.6 Å². The average molecular weight is 1600 g/mol. The van der Waals surface area contributed by atoms with Crippen LogP contribution in [0.5, 0.6) is 0 Å². The number of para-hydroxylation sites is 2. The Bertz CT molecular complexity index is 3500. The fourth-order valence-electron chi connectivity index (χ4n) is 6.70. The molecule has 0 saturated heterocycles. The van der Waals surface area contributed by atoms with Gasteiger partial charge < -0.3 is 29.0 Å². The van der Waals surface area contributed by atoms with Crippen LogP contribution in [0, 0.1) is 37.3 Å². The summed E-state index contributed by atoms with van der Waals surface area (Å²) in [4.78, 5) is 35.3. The third-order valence-electron chi connectivity index (χ3n) is 9.78. The van der Waals surface area contributed by atoms with Gasteiger partial charge in [-0.3, -0.25) is 25.9 Å². The van der Waals surface area contributed by atoms with Gasteiger partial charge in [-0.05, 0) is 73.0 Å². The van der Waals surface area contributed by atoms with Gasteiger partial charge in [0.25, 0.3) is 0 Å². The molecule has 77 heavy (non-hydrogen) atoms. The Balaban J connectivity index is 0.000000204. The van der Waals surface area contributed by atoms with E-state index in [1.165, 1.54) is 59.3 Å². The first kappa shape index (κ1) is 62.9. The summed E-state index contributed by atoms with van der Waals surface area (Å²) in [6, 6.07) is 70.1. The third kappa shape index (κ3) is 19.7. The number of hydrogen-bond donors (Lipinski definition) is 2. The topological polar surface area (TPSA) is 140 Å². The van der Waals surface area contributed by atoms with Crippen molar-refractivity contribution in [3.8, 4) is 43.2 Å². The van der Waals surface area contributed by atoms with Crippen LogP contribution >= 0.6 is 34.0 Å². The average Bonchev–Trinajstić information content (AvgIpc) is 4.27. The summed E-state index contributed by atoms with van der Waals surface area (Å²) in [6.45, 7) is 7.62. The van der Waals surface area contributed by atoms with Gasteiger partial charge in [0.05, 0.1) is 27.8 Å². The molecule has 12 rings (SSSR count). The number of allylic oxidation sites excluding steroid dienone is 4. The summed E-state index contributed by atoms with van der Waals surface area (Å²) in [5.41, 5.74) is 4.87. The van der Waals surface area contributed by atoms with E-state index in [1.807, 2.05) is 141 Å². The number of thiazole rings is 1. The molecule has 0 bridgehead atoms. The monoisotopic (exact) mass is 1610 g/mol. The maximum absolute atomic E-state index is 10.0. The van der Waals surface area contributed by atoms with E-state index in [4.69, 9.17) is 19.0 Å². The van der Waals surface area contributed by atoms with Crippen LogP contribution in [0.3, 0.4) is 0 Å². The summed E-state index contributed by atoms with van der Waals surface area (Å²) in [7, 11) is 0. The van der Waals surface area contributed by atoms with Crippen molar-refractivity contribution in [1.29, 1.82) is 0 Å². The van der Waals surface area contributed by atoms with Crippen LogP contribution in [-0.4, -0.2) is 36.7 Å². The number of furan rings is 2. The molecular weight excluding hydrogens is 1560 g/mol. The summed E-state index contributed by atoms with van der Waals surface area (Å²) >= 11 is 5.04. The van der Waals surface area contributed by atoms with Crippen LogP contribution in [0.4, 0.5) is 0 Å². The fourth-order valence-corrected chi connectivity index (χ4v) is 9.53. The quantitative estimate of drug-likeness (QED) is 0.0946. The number of aromatic nitrogens is 3. The summed E-state index contributed by atoms with van der Waals surface area (Å²) in [6.07, 6.45) is 5.93. The summed E-state index contributed by atoms with van der Waals surface area (Å²) < 4.78 is 15.0. The van der Waals surface area contributed by atoms with E-state index in [0.717, 1.165) is 70.9 Å². The number of ketones is 2. The number of aryl methyl sites for hydroxylation is 1. The van der Waals surface area contributed by atoms with E-state index < -0.39 is 0 Å². The number of carbonyl (C=O) groups excluding carboxylic acids is 2. The smallest absolute Gasteiger partial charge is 0.155 e. The Morgan fingerprint density at radius 1 is 0.519 bits per heavy atom. The molecule has 0 spiro atoms. The van der Waals surface area contributed by atoms with Gasteiger partial charge in [-0.1, -0.05) is 96.2 Å². The summed E-state index contributed by atoms with van der Waals surface area (Å²) in [5.74, 6) is 2.27. The number of fused-ring (bicyclic) bond motifs is 4. The van der Waals surface area contributed by atoms with Crippen LogP contribution < -0.4 is 0 Å². The molecule has 2 N–H and O–H groups in total. The molecule has 7 aromatic heterocycles. The number of rotatable bonds is 6. The van der Waals surface area contributed by atoms with Crippen molar-refractivity contribution < 1.29 is 89.0 Å². The van der Waals surface area contributed by atoms with Gasteiger partial charge in [-0.25, -0.2) is 11.3 Å². The molecule has 397 valence electrons. The number of hydrogen-bond acceptors (Lipinski definition) is 12. The van der Waals surface area contributed by atoms with Crippen LogP contribution in [-0.2, 0) is 69.9 Å². The van der Waals surface area contributed by atoms with Crippen LogP contribution in [0.25, 0.3) is 84.6 Å². The Kier molecular flexibility index (Phi) is 26.3. The maximum atomic E-state index is 10.0. The number of aliphatic hydroxyl groups is 2. The minimum Gasteiger partial charge on any atom is -0.586 e. The first-order chi connectivity index (χ1) is 35.9. The first-order valence-electron chi connectivity index (χ1n) is 23.0. The molecule has 0 atom stereocenters. The SMILES string of the molecule is CC(=O)C=C(C)O.CC(=O)C=C(C)O.Cc1c[c-]c(-c2[c-]c3ccccc3s2)o1.[Ir].[Ir].[Ir].[c-]1c(-c2ccccn2)sc2ccccc12.[c-]1c(-c2nc3ccccc3s2)oc2ccccc12.[c-]1ccccc1-c1ccccn1. The van der Waals surface area contributed by atoms with Gasteiger partial charge in [0.2, 0.25) is 0 Å². The molecule has 9 nitrogen and oxygen atoms in total. The van der Waals surface area contributed by atoms with Crippen molar-refractivity contribution in [3.05, 3.63) is 236 Å². The zero-order valence-corrected chi connectivity index (χ0v) is 51.6. The summed E-state index contributed by atoms with van der Waals surface area (Å²) in [5, 5.41) is 20.9. The van der Waals surface area contributed by atoms with Gasteiger partial charge in [0, 0.05) is 101 Å². The zero-order chi connectivity index (χ0) is 52.2. The van der Waals surface area contributed by atoms with Gasteiger partial charge in [0.1, 0.15) is 0 Å². The molecule has 0 unspecified atom stereocenters. The maximum Gasteiger partial charge on any atom is 0.155 e. The second-order valence-electron chi connectivity index (χ2n) is 16.0. The van der Waals surface area contributed by atoms with Crippen LogP contribution in [0.1, 0.15) is 33.5 Å². The van der Waals surface area contributed by atoms with E-state index in [0.29, 0.717) is 0 Å². The van der Waals surface area contributed by atoms with E-state index >= 15 is 0 Å². The Morgan fingerprint density at radius 3 is 1.53 bits per heavy atom. The van der Waals surface area contributed by atoms with Gasteiger partial charge in [-0.2, -0.15) is 23.5 Å². The number of nitrogens with zero attached hydrogens (tertiary/aromatic N) is 3. The normalized spacial score (nSPS) is 10.5. The molecule has 15 heteroatoms. The number of carbonyl (C=O) groups is 2. The molecular formula is C62H48Ir3N3O6S3-5. The molecule has 0 aliphatic rings. The van der Waals surface area contributed by atoms with E-state index in [1.54, 1.807) is 40.2 Å². The predicted octanol–water partition coefficient (Wildman–Crippen LogP) is 17.0. The van der Waals surface area contributed by atoms with Crippen molar-refractivity contribution in [2.24, 2.45) is 0 Å². The second kappa shape index (κ2) is 32.2. The molecule has 0 aliphatic carbocycles. The Morgan fingerprint density at radius 2 is 1.04 bits per heavy atom. The standard InChI is InChI=1S/C15H8NOS.C13H8NS.C13H8OS.C11H8N.2C5H8O2.3Ir/c1-3-7-12-10(5-1)9-13(17-12)15-16-11-6-2-4-8-14(11)18-15;1-2-7-12-10(5-1)9-13(15-12)11-6-3-4-8-14-11;1-9-6-7-11(14-9)13-8-10-4-2-3-5-12(10)15-13;1-2-6-10(7-3-1)11-8-4-5-9-12-11;2*1-4(6)3-5(2)7;;;/h1-8H;1-8H;2-6H,1H3;1-6,8-9H;2*3,6H,1-2H3;;;/q2*-1;-2;-1;;;;;. The van der Waals surface area contributed by atoms with E-state index in [9.17, 15) is 9.59 Å². The van der Waals surface area contributed by atoms with E-state index in [-0.39, 0.29) is 83.4 Å². The Hall–Kier alpha value is -6.60. The largest absolute Gasteiger partial charge is 0.586 e. The third-order valence-corrected chi connectivity index (χ3v) is 13.0. The number of benzene rings is 5. The number of aliphatic hydroxyl groups excluding tert-OH is 2. The molecule has 0 fully saturated rings. The molecule has 3 radical (unpaired) electrons. The molecule has 12 aromatic rings. The van der Waals surface area contributed by atoms with E-state index in [2.05, 4.69) is 81.7 Å². The van der Waals surface area contributed by atoms with Crippen molar-refractivity contribution in [2.75, 3.05) is 0 Å². The minimum absolute atomic E-state index is 0. The first-order valence-corrected chi connectivity index (χ1v) is 25.5. The molecule has 7 heterocycles. The van der Waals surface area contributed by atoms with Crippen molar-refractivity contribution in [1.82, 2.24) is 15.0 Å². The van der Waals surface area contributed by atoms with Crippen LogP contribution in [0.15, 0.2) is 209 Å². The molecule has 5 aromatic carbocycles. The van der Waals surface area contributed by atoms with Crippen molar-refractivity contribution >= 4 is 86.9 Å². The molecule has 0 aliphatic heterocycles. The minimum atomic E-state index is -0.125. The zero-order valence-electron chi connectivity index (χ0n) is 42.0. The van der Waals surface area contributed by atoms with Crippen LogP contribution in [0.2, 0.25) is 0 Å². The van der Waals surface area contributed by atoms with Crippen molar-refractivity contribution in [2.45, 2.75) is 34.6 Å². The predicted molar refractivity (Wildman–Crippen MR) is 302 cm³/mol. The number of pyridine rings is 2. The fraction of sp³-hybridized carbons (Fsp3) is 0.0806. The Labute approximate surface area is 500 Å². The van der Waals surface area contributed by atoms with Gasteiger partial charge >= 0.3 is 0 Å². The molecule has 0 saturated carbocycles. The number of thiophene rings is 2.